The molecule has 6 N–H and O–H groups in total. The largest absolute Gasteiger partial charge is 0.394 e. The Balaban J connectivity index is 2.43. The van der Waals surface area contributed by atoms with Gasteiger partial charge in [0.1, 0.15) is 12.7 Å². The molecule has 0 aliphatic heterocycles. The zero-order valence-electron chi connectivity index (χ0n) is 8.00. The zero-order chi connectivity index (χ0) is 11.3. The van der Waals surface area contributed by atoms with Crippen molar-refractivity contribution in [3.05, 3.63) is 5.82 Å². The lowest BCUT2D eigenvalue weighted by Gasteiger charge is -2.07. The number of hydrogen-bond acceptors (Lipinski definition) is 8. The molecule has 8 heteroatoms. The molecule has 0 fully saturated rings. The summed E-state index contributed by atoms with van der Waals surface area (Å²) in [4.78, 5) is 11.1. The van der Waals surface area contributed by atoms with Crippen LogP contribution in [0.15, 0.2) is 0 Å². The van der Waals surface area contributed by atoms with E-state index in [9.17, 15) is 0 Å². The van der Waals surface area contributed by atoms with Crippen LogP contribution in [0.25, 0.3) is 0 Å². The van der Waals surface area contributed by atoms with E-state index in [-0.39, 0.29) is 37.5 Å². The Morgan fingerprint density at radius 2 is 1.80 bits per heavy atom. The van der Waals surface area contributed by atoms with Crippen LogP contribution in [0.1, 0.15) is 5.82 Å². The summed E-state index contributed by atoms with van der Waals surface area (Å²) in [6.07, 6.45) is -0.915. The number of nitrogens with zero attached hydrogens (tertiary/aromatic N) is 3. The quantitative estimate of drug-likeness (QED) is 0.438. The van der Waals surface area contributed by atoms with Crippen molar-refractivity contribution in [1.82, 2.24) is 15.0 Å². The molecule has 0 amide bonds. The molecule has 0 bridgehead atoms. The Bertz CT molecular complexity index is 301. The minimum Gasteiger partial charge on any atom is -0.394 e. The lowest BCUT2D eigenvalue weighted by molar-refractivity contribution is -0.00173. The minimum absolute atomic E-state index is 0.0119. The molecule has 1 rings (SSSR count). The predicted molar refractivity (Wildman–Crippen MR) is 51.4 cm³/mol. The summed E-state index contributed by atoms with van der Waals surface area (Å²) in [6.45, 7) is -0.322. The van der Waals surface area contributed by atoms with Gasteiger partial charge in [-0.3, -0.25) is 0 Å². The Morgan fingerprint density at radius 3 is 2.33 bits per heavy atom. The van der Waals surface area contributed by atoms with Gasteiger partial charge in [0.05, 0.1) is 13.2 Å². The number of aliphatic hydroxyl groups excluding tert-OH is 2. The highest BCUT2D eigenvalue weighted by molar-refractivity contribution is 5.25. The van der Waals surface area contributed by atoms with Crippen LogP contribution in [0, 0.1) is 0 Å². The van der Waals surface area contributed by atoms with E-state index in [2.05, 4.69) is 15.0 Å². The van der Waals surface area contributed by atoms with Crippen molar-refractivity contribution in [3.63, 3.8) is 0 Å². The predicted octanol–water partition coefficient (Wildman–Crippen LogP) is -2.09. The second kappa shape index (κ2) is 5.39. The molecule has 0 saturated carbocycles. The van der Waals surface area contributed by atoms with Gasteiger partial charge in [-0.25, -0.2) is 0 Å². The van der Waals surface area contributed by atoms with Gasteiger partial charge < -0.3 is 26.4 Å². The summed E-state index contributed by atoms with van der Waals surface area (Å²) in [5, 5.41) is 17.5. The first-order valence-electron chi connectivity index (χ1n) is 4.24. The van der Waals surface area contributed by atoms with E-state index < -0.39 is 6.10 Å². The molecule has 1 atom stereocenters. The van der Waals surface area contributed by atoms with E-state index in [1.807, 2.05) is 0 Å². The fourth-order valence-electron chi connectivity index (χ4n) is 0.860. The number of ether oxygens (including phenoxy) is 1. The van der Waals surface area contributed by atoms with Crippen LogP contribution in [0.5, 0.6) is 0 Å². The number of rotatable bonds is 5. The molecule has 0 aromatic carbocycles. The summed E-state index contributed by atoms with van der Waals surface area (Å²) in [5.41, 5.74) is 10.7. The minimum atomic E-state index is -0.915. The molecule has 1 aromatic rings. The Hall–Kier alpha value is -1.51. The van der Waals surface area contributed by atoms with E-state index in [1.54, 1.807) is 0 Å². The van der Waals surface area contributed by atoms with Crippen LogP contribution in [0.3, 0.4) is 0 Å². The molecule has 0 aliphatic rings. The maximum absolute atomic E-state index is 8.97. The molecule has 0 spiro atoms. The van der Waals surface area contributed by atoms with Gasteiger partial charge in [0.2, 0.25) is 11.9 Å². The van der Waals surface area contributed by atoms with Crippen LogP contribution in [0.4, 0.5) is 11.9 Å². The SMILES string of the molecule is Nc1nc(N)nc(COCC(O)CO)n1. The average Bonchev–Trinajstić information content (AvgIpc) is 2.16. The van der Waals surface area contributed by atoms with Gasteiger partial charge in [-0.05, 0) is 0 Å². The van der Waals surface area contributed by atoms with Crippen LogP contribution in [0.2, 0.25) is 0 Å². The van der Waals surface area contributed by atoms with Crippen molar-refractivity contribution >= 4 is 11.9 Å². The highest BCUT2D eigenvalue weighted by atomic mass is 16.5. The smallest absolute Gasteiger partial charge is 0.225 e. The van der Waals surface area contributed by atoms with Crippen LogP contribution in [-0.2, 0) is 11.3 Å². The Kier molecular flexibility index (Phi) is 4.16. The standard InChI is InChI=1S/C7H13N5O3/c8-6-10-5(11-7(9)12-6)3-15-2-4(14)1-13/h4,13-14H,1-3H2,(H4,8,9,10,11,12). The number of aliphatic hydroxyl groups is 2. The number of nitrogen functional groups attached to an aromatic ring is 2. The summed E-state index contributed by atoms with van der Waals surface area (Å²) in [5.74, 6) is 0.317. The molecule has 15 heavy (non-hydrogen) atoms. The van der Waals surface area contributed by atoms with Crippen molar-refractivity contribution in [2.75, 3.05) is 24.7 Å². The number of aromatic nitrogens is 3. The van der Waals surface area contributed by atoms with E-state index in [4.69, 9.17) is 26.4 Å². The lowest BCUT2D eigenvalue weighted by atomic mass is 10.4. The van der Waals surface area contributed by atoms with Crippen molar-refractivity contribution in [2.45, 2.75) is 12.7 Å². The first kappa shape index (κ1) is 11.6. The molecular formula is C7H13N5O3. The third-order valence-corrected chi connectivity index (χ3v) is 1.47. The molecule has 0 saturated heterocycles. The van der Waals surface area contributed by atoms with Gasteiger partial charge in [-0.2, -0.15) is 15.0 Å². The maximum atomic E-state index is 8.97. The zero-order valence-corrected chi connectivity index (χ0v) is 8.00. The van der Waals surface area contributed by atoms with Gasteiger partial charge in [-0.15, -0.1) is 0 Å². The normalized spacial score (nSPS) is 12.7. The first-order chi connectivity index (χ1) is 7.11. The molecule has 0 aliphatic carbocycles. The monoisotopic (exact) mass is 215 g/mol. The topological polar surface area (TPSA) is 140 Å². The molecular weight excluding hydrogens is 202 g/mol. The molecule has 1 unspecified atom stereocenters. The van der Waals surface area contributed by atoms with Crippen LogP contribution in [-0.4, -0.2) is 44.5 Å². The Labute approximate surface area is 85.9 Å². The van der Waals surface area contributed by atoms with E-state index in [1.165, 1.54) is 0 Å². The van der Waals surface area contributed by atoms with Gasteiger partial charge in [0.25, 0.3) is 0 Å². The second-order valence-electron chi connectivity index (χ2n) is 2.82. The molecule has 84 valence electrons. The van der Waals surface area contributed by atoms with E-state index in [0.29, 0.717) is 0 Å². The highest BCUT2D eigenvalue weighted by Gasteiger charge is 2.05. The van der Waals surface area contributed by atoms with Crippen LogP contribution < -0.4 is 11.5 Å². The van der Waals surface area contributed by atoms with Crippen molar-refractivity contribution in [1.29, 1.82) is 0 Å². The van der Waals surface area contributed by atoms with Gasteiger partial charge >= 0.3 is 0 Å². The highest BCUT2D eigenvalue weighted by Crippen LogP contribution is 2.00. The fourth-order valence-corrected chi connectivity index (χ4v) is 0.860. The molecule has 1 aromatic heterocycles. The number of hydrogen-bond donors (Lipinski definition) is 4. The van der Waals surface area contributed by atoms with E-state index >= 15 is 0 Å². The van der Waals surface area contributed by atoms with Gasteiger partial charge in [0.15, 0.2) is 5.82 Å². The maximum Gasteiger partial charge on any atom is 0.225 e. The summed E-state index contributed by atoms with van der Waals surface area (Å²) in [6, 6.07) is 0. The first-order valence-corrected chi connectivity index (χ1v) is 4.24. The fraction of sp³-hybridized carbons (Fsp3) is 0.571. The van der Waals surface area contributed by atoms with Crippen molar-refractivity contribution in [2.24, 2.45) is 0 Å². The summed E-state index contributed by atoms with van der Waals surface area (Å²) in [7, 11) is 0. The van der Waals surface area contributed by atoms with Gasteiger partial charge in [0, 0.05) is 0 Å². The second-order valence-corrected chi connectivity index (χ2v) is 2.82. The summed E-state index contributed by atoms with van der Waals surface area (Å²) >= 11 is 0. The third kappa shape index (κ3) is 4.02. The van der Waals surface area contributed by atoms with Gasteiger partial charge in [-0.1, -0.05) is 0 Å². The Morgan fingerprint density at radius 1 is 1.20 bits per heavy atom. The molecule has 1 heterocycles. The van der Waals surface area contributed by atoms with Crippen molar-refractivity contribution < 1.29 is 14.9 Å². The number of anilines is 2. The lowest BCUT2D eigenvalue weighted by Crippen LogP contribution is -2.19. The van der Waals surface area contributed by atoms with Crippen molar-refractivity contribution in [3.8, 4) is 0 Å². The summed E-state index contributed by atoms with van der Waals surface area (Å²) < 4.78 is 5.01. The molecule has 8 nitrogen and oxygen atoms in total. The van der Waals surface area contributed by atoms with E-state index in [0.717, 1.165) is 0 Å². The average molecular weight is 215 g/mol. The third-order valence-electron chi connectivity index (χ3n) is 1.47. The number of nitrogens with two attached hydrogens (primary N) is 2. The van der Waals surface area contributed by atoms with Crippen LogP contribution >= 0.6 is 0 Å². The molecule has 0 radical (unpaired) electrons.